The Hall–Kier alpha value is -2.88. The molecule has 1 saturated heterocycles. The zero-order valence-electron chi connectivity index (χ0n) is 14.9. The molecule has 1 unspecified atom stereocenters. The molecule has 1 fully saturated rings. The Morgan fingerprint density at radius 2 is 2.41 bits per heavy atom. The molecule has 2 N–H and O–H groups in total. The van der Waals surface area contributed by atoms with Crippen molar-refractivity contribution in [2.45, 2.75) is 19.0 Å². The van der Waals surface area contributed by atoms with E-state index in [4.69, 9.17) is 11.6 Å². The van der Waals surface area contributed by atoms with Gasteiger partial charge in [-0.15, -0.1) is 0 Å². The average molecular weight is 393 g/mol. The van der Waals surface area contributed by atoms with Crippen molar-refractivity contribution in [1.82, 2.24) is 25.4 Å². The lowest BCUT2D eigenvalue weighted by atomic mass is 10.3. The van der Waals surface area contributed by atoms with E-state index in [1.807, 2.05) is 12.1 Å². The van der Waals surface area contributed by atoms with Gasteiger partial charge in [0.2, 0.25) is 0 Å². The summed E-state index contributed by atoms with van der Waals surface area (Å²) in [6, 6.07) is 3.88. The van der Waals surface area contributed by atoms with Crippen molar-refractivity contribution in [2.24, 2.45) is 4.99 Å². The number of aromatic nitrogens is 3. The van der Waals surface area contributed by atoms with Crippen molar-refractivity contribution in [3.05, 3.63) is 45.9 Å². The Balaban J connectivity index is 1.46. The summed E-state index contributed by atoms with van der Waals surface area (Å²) >= 11 is 6.22. The topological polar surface area (TPSA) is 114 Å². The predicted molar refractivity (Wildman–Crippen MR) is 103 cm³/mol. The number of hydrogen-bond donors (Lipinski definition) is 2. The fourth-order valence-electron chi connectivity index (χ4n) is 2.93. The van der Waals surface area contributed by atoms with Gasteiger partial charge >= 0.3 is 5.69 Å². The standard InChI is InChI=1S/C16H21ClN8O2/c1-18-16(20-6-8-24-11-13(9-21-24)25(26)27)22-12-4-7-23(10-12)15-14(17)3-2-5-19-15/h2-3,5,9,11-12H,4,6-8,10H2,1H3,(H2,18,20,22). The van der Waals surface area contributed by atoms with E-state index in [9.17, 15) is 10.1 Å². The zero-order valence-corrected chi connectivity index (χ0v) is 15.6. The SMILES string of the molecule is CN=C(NCCn1cc([N+](=O)[O-])cn1)NC1CCN(c2ncccc2Cl)C1. The van der Waals surface area contributed by atoms with E-state index in [0.717, 1.165) is 25.3 Å². The first kappa shape index (κ1) is 18.9. The lowest BCUT2D eigenvalue weighted by molar-refractivity contribution is -0.385. The van der Waals surface area contributed by atoms with Gasteiger partial charge in [-0.25, -0.2) is 4.98 Å². The second-order valence-electron chi connectivity index (χ2n) is 6.10. The molecule has 0 aromatic carbocycles. The summed E-state index contributed by atoms with van der Waals surface area (Å²) in [7, 11) is 1.70. The van der Waals surface area contributed by atoms with Gasteiger partial charge in [0.05, 0.1) is 16.5 Å². The Bertz CT molecular complexity index is 824. The number of rotatable bonds is 6. The van der Waals surface area contributed by atoms with Gasteiger partial charge in [-0.05, 0) is 18.6 Å². The molecule has 3 rings (SSSR count). The number of anilines is 1. The van der Waals surface area contributed by atoms with Crippen molar-refractivity contribution in [3.8, 4) is 0 Å². The maximum absolute atomic E-state index is 10.7. The van der Waals surface area contributed by atoms with Crippen LogP contribution in [0.3, 0.4) is 0 Å². The fraction of sp³-hybridized carbons (Fsp3) is 0.438. The summed E-state index contributed by atoms with van der Waals surface area (Å²) < 4.78 is 1.53. The number of pyridine rings is 1. The molecule has 1 atom stereocenters. The predicted octanol–water partition coefficient (Wildman–Crippen LogP) is 1.28. The fourth-order valence-corrected chi connectivity index (χ4v) is 3.17. The Kier molecular flexibility index (Phi) is 6.07. The zero-order chi connectivity index (χ0) is 19.2. The van der Waals surface area contributed by atoms with Crippen LogP contribution in [-0.4, -0.2) is 58.4 Å². The first-order chi connectivity index (χ1) is 13.1. The van der Waals surface area contributed by atoms with Crippen LogP contribution in [0.5, 0.6) is 0 Å². The highest BCUT2D eigenvalue weighted by molar-refractivity contribution is 6.32. The molecule has 11 heteroatoms. The van der Waals surface area contributed by atoms with Crippen LogP contribution in [0, 0.1) is 10.1 Å². The highest BCUT2D eigenvalue weighted by atomic mass is 35.5. The van der Waals surface area contributed by atoms with Gasteiger partial charge in [-0.3, -0.25) is 19.8 Å². The molecule has 0 aliphatic carbocycles. The second-order valence-corrected chi connectivity index (χ2v) is 6.51. The molecule has 10 nitrogen and oxygen atoms in total. The summed E-state index contributed by atoms with van der Waals surface area (Å²) in [5, 5.41) is 21.9. The van der Waals surface area contributed by atoms with E-state index < -0.39 is 4.92 Å². The van der Waals surface area contributed by atoms with Crippen LogP contribution in [-0.2, 0) is 6.54 Å². The second kappa shape index (κ2) is 8.67. The van der Waals surface area contributed by atoms with E-state index in [0.29, 0.717) is 24.1 Å². The first-order valence-corrected chi connectivity index (χ1v) is 8.94. The number of halogens is 1. The number of hydrogen-bond acceptors (Lipinski definition) is 6. The van der Waals surface area contributed by atoms with E-state index in [1.54, 1.807) is 13.2 Å². The highest BCUT2D eigenvalue weighted by Crippen LogP contribution is 2.25. The molecule has 3 heterocycles. The molecule has 27 heavy (non-hydrogen) atoms. The minimum Gasteiger partial charge on any atom is -0.355 e. The molecule has 0 bridgehead atoms. The number of guanidine groups is 1. The van der Waals surface area contributed by atoms with Gasteiger partial charge in [0.1, 0.15) is 18.2 Å². The van der Waals surface area contributed by atoms with E-state index in [2.05, 4.69) is 30.6 Å². The summed E-state index contributed by atoms with van der Waals surface area (Å²) in [5.41, 5.74) is -0.0169. The smallest absolute Gasteiger partial charge is 0.306 e. The maximum Gasteiger partial charge on any atom is 0.306 e. The lowest BCUT2D eigenvalue weighted by Crippen LogP contribution is -2.45. The Morgan fingerprint density at radius 1 is 1.56 bits per heavy atom. The molecule has 1 aliphatic heterocycles. The van der Waals surface area contributed by atoms with Crippen LogP contribution in [0.1, 0.15) is 6.42 Å². The van der Waals surface area contributed by atoms with E-state index in [-0.39, 0.29) is 11.7 Å². The van der Waals surface area contributed by atoms with Crippen LogP contribution < -0.4 is 15.5 Å². The largest absolute Gasteiger partial charge is 0.355 e. The van der Waals surface area contributed by atoms with Crippen molar-refractivity contribution >= 4 is 29.1 Å². The minimum absolute atomic E-state index is 0.0169. The van der Waals surface area contributed by atoms with Gasteiger partial charge in [-0.1, -0.05) is 11.6 Å². The summed E-state index contributed by atoms with van der Waals surface area (Å²) in [6.45, 7) is 2.68. The van der Waals surface area contributed by atoms with Crippen molar-refractivity contribution in [1.29, 1.82) is 0 Å². The van der Waals surface area contributed by atoms with E-state index in [1.165, 1.54) is 17.1 Å². The molecule has 0 amide bonds. The quantitative estimate of drug-likeness (QED) is 0.329. The summed E-state index contributed by atoms with van der Waals surface area (Å²) in [6.07, 6.45) is 5.33. The molecule has 144 valence electrons. The lowest BCUT2D eigenvalue weighted by Gasteiger charge is -2.20. The Morgan fingerprint density at radius 3 is 3.11 bits per heavy atom. The number of nitrogens with zero attached hydrogens (tertiary/aromatic N) is 6. The van der Waals surface area contributed by atoms with E-state index >= 15 is 0 Å². The molecule has 0 saturated carbocycles. The van der Waals surface area contributed by atoms with Gasteiger partial charge in [-0.2, -0.15) is 5.10 Å². The summed E-state index contributed by atoms with van der Waals surface area (Å²) in [4.78, 5) is 20.9. The third kappa shape index (κ3) is 4.85. The third-order valence-electron chi connectivity index (χ3n) is 4.26. The van der Waals surface area contributed by atoms with Crippen molar-refractivity contribution in [3.63, 3.8) is 0 Å². The molecule has 1 aliphatic rings. The maximum atomic E-state index is 10.7. The van der Waals surface area contributed by atoms with Gasteiger partial charge in [0.25, 0.3) is 0 Å². The van der Waals surface area contributed by atoms with Crippen LogP contribution in [0.15, 0.2) is 35.7 Å². The average Bonchev–Trinajstić information content (AvgIpc) is 3.31. The Labute approximate surface area is 161 Å². The monoisotopic (exact) mass is 392 g/mol. The van der Waals surface area contributed by atoms with Crippen molar-refractivity contribution in [2.75, 3.05) is 31.6 Å². The molecular weight excluding hydrogens is 372 g/mol. The highest BCUT2D eigenvalue weighted by Gasteiger charge is 2.25. The summed E-state index contributed by atoms with van der Waals surface area (Å²) in [5.74, 6) is 1.47. The van der Waals surface area contributed by atoms with Gasteiger partial charge in [0.15, 0.2) is 5.96 Å². The van der Waals surface area contributed by atoms with Crippen LogP contribution >= 0.6 is 11.6 Å². The molecule has 2 aromatic rings. The van der Waals surface area contributed by atoms with Crippen LogP contribution in [0.25, 0.3) is 0 Å². The minimum atomic E-state index is -0.461. The third-order valence-corrected chi connectivity index (χ3v) is 4.55. The van der Waals surface area contributed by atoms with Crippen molar-refractivity contribution < 1.29 is 4.92 Å². The normalized spacial score (nSPS) is 17.2. The van der Waals surface area contributed by atoms with Crippen LogP contribution in [0.4, 0.5) is 11.5 Å². The molecular formula is C16H21ClN8O2. The molecule has 0 spiro atoms. The number of nitro groups is 1. The van der Waals surface area contributed by atoms with Gasteiger partial charge in [0, 0.05) is 38.9 Å². The molecule has 2 aromatic heterocycles. The molecule has 0 radical (unpaired) electrons. The van der Waals surface area contributed by atoms with Crippen LogP contribution in [0.2, 0.25) is 5.02 Å². The first-order valence-electron chi connectivity index (χ1n) is 8.56. The number of aliphatic imine (C=N–C) groups is 1. The van der Waals surface area contributed by atoms with Gasteiger partial charge < -0.3 is 15.5 Å². The number of nitrogens with one attached hydrogen (secondary N) is 2.